The quantitative estimate of drug-likeness (QED) is 0.0596. The maximum atomic E-state index is 12.8. The van der Waals surface area contributed by atoms with Crippen molar-refractivity contribution in [3.05, 3.63) is 125 Å². The number of benzene rings is 4. The molecule has 0 radical (unpaired) electrons. The van der Waals surface area contributed by atoms with Gasteiger partial charge in [0.2, 0.25) is 5.91 Å². The number of hydrogen-bond acceptors (Lipinski definition) is 6. The fourth-order valence-corrected chi connectivity index (χ4v) is 4.30. The summed E-state index contributed by atoms with van der Waals surface area (Å²) < 4.78 is 10.7. The standard InChI is InChI=1S/C37H38N2O5/c1-37(2,3)31-18-13-28(14-19-31)26-38-44-24-8-23-43-32-20-21-33(36(41)42-4)34(25-32)39-35(40)22-15-27-11-16-30(17-12-27)29-9-6-5-7-10-29/h5-7,9-22,25-26H,8,23-24H2,1-4H3,(H,39,40)/b22-15+,38-26?. The van der Waals surface area contributed by atoms with Gasteiger partial charge < -0.3 is 19.6 Å². The topological polar surface area (TPSA) is 86.2 Å². The smallest absolute Gasteiger partial charge is 0.339 e. The van der Waals surface area contributed by atoms with Gasteiger partial charge in [0.1, 0.15) is 12.4 Å². The lowest BCUT2D eigenvalue weighted by atomic mass is 9.87. The van der Waals surface area contributed by atoms with Crippen molar-refractivity contribution in [2.75, 3.05) is 25.6 Å². The minimum Gasteiger partial charge on any atom is -0.493 e. The predicted octanol–water partition coefficient (Wildman–Crippen LogP) is 7.91. The van der Waals surface area contributed by atoms with E-state index in [9.17, 15) is 9.59 Å². The molecule has 0 bridgehead atoms. The van der Waals surface area contributed by atoms with Crippen LogP contribution in [0.4, 0.5) is 5.69 Å². The first-order valence-corrected chi connectivity index (χ1v) is 14.5. The van der Waals surface area contributed by atoms with Crippen LogP contribution in [0.25, 0.3) is 17.2 Å². The highest BCUT2D eigenvalue weighted by Gasteiger charge is 2.15. The zero-order valence-corrected chi connectivity index (χ0v) is 25.6. The molecule has 4 aromatic rings. The summed E-state index contributed by atoms with van der Waals surface area (Å²) >= 11 is 0. The maximum absolute atomic E-state index is 12.8. The second-order valence-electron chi connectivity index (χ2n) is 11.2. The second-order valence-corrected chi connectivity index (χ2v) is 11.2. The molecule has 4 rings (SSSR count). The predicted molar refractivity (Wildman–Crippen MR) is 176 cm³/mol. The Kier molecular flexibility index (Phi) is 11.1. The van der Waals surface area contributed by atoms with Gasteiger partial charge >= 0.3 is 5.97 Å². The molecule has 1 N–H and O–H groups in total. The number of hydrogen-bond donors (Lipinski definition) is 1. The van der Waals surface area contributed by atoms with Gasteiger partial charge in [0.15, 0.2) is 0 Å². The molecular formula is C37H38N2O5. The Morgan fingerprint density at radius 1 is 0.818 bits per heavy atom. The van der Waals surface area contributed by atoms with Gasteiger partial charge in [0.25, 0.3) is 0 Å². The van der Waals surface area contributed by atoms with Crippen molar-refractivity contribution in [1.29, 1.82) is 0 Å². The molecule has 0 saturated heterocycles. The van der Waals surface area contributed by atoms with E-state index < -0.39 is 11.9 Å². The summed E-state index contributed by atoms with van der Waals surface area (Å²) in [6, 6.07) is 31.0. The molecule has 0 aromatic heterocycles. The number of rotatable bonds is 12. The third-order valence-corrected chi connectivity index (χ3v) is 6.80. The van der Waals surface area contributed by atoms with Crippen LogP contribution in [0.3, 0.4) is 0 Å². The Hall–Kier alpha value is -5.17. The molecule has 7 heteroatoms. The number of methoxy groups -OCH3 is 1. The Balaban J connectivity index is 1.28. The zero-order chi connectivity index (χ0) is 31.4. The number of carbonyl (C=O) groups is 2. The largest absolute Gasteiger partial charge is 0.493 e. The number of anilines is 1. The molecule has 0 saturated carbocycles. The van der Waals surface area contributed by atoms with Crippen LogP contribution in [0.5, 0.6) is 5.75 Å². The molecule has 0 spiro atoms. The molecule has 0 unspecified atom stereocenters. The lowest BCUT2D eigenvalue weighted by Gasteiger charge is -2.18. The van der Waals surface area contributed by atoms with Crippen molar-refractivity contribution in [1.82, 2.24) is 0 Å². The summed E-state index contributed by atoms with van der Waals surface area (Å²) in [7, 11) is 1.29. The van der Waals surface area contributed by atoms with Crippen LogP contribution < -0.4 is 10.1 Å². The molecule has 44 heavy (non-hydrogen) atoms. The van der Waals surface area contributed by atoms with Crippen LogP contribution in [0.2, 0.25) is 0 Å². The van der Waals surface area contributed by atoms with Gasteiger partial charge in [0, 0.05) is 18.6 Å². The third-order valence-electron chi connectivity index (χ3n) is 6.80. The second kappa shape index (κ2) is 15.3. The number of oxime groups is 1. The van der Waals surface area contributed by atoms with Gasteiger partial charge in [-0.1, -0.05) is 105 Å². The lowest BCUT2D eigenvalue weighted by molar-refractivity contribution is -0.111. The number of ether oxygens (including phenoxy) is 2. The highest BCUT2D eigenvalue weighted by molar-refractivity contribution is 6.06. The van der Waals surface area contributed by atoms with Crippen LogP contribution in [0, 0.1) is 0 Å². The summed E-state index contributed by atoms with van der Waals surface area (Å²) in [5.74, 6) is -0.457. The first-order valence-electron chi connectivity index (χ1n) is 14.5. The van der Waals surface area contributed by atoms with Gasteiger partial charge in [0.05, 0.1) is 31.2 Å². The number of nitrogens with zero attached hydrogens (tertiary/aromatic N) is 1. The normalized spacial score (nSPS) is 11.5. The molecule has 1 amide bonds. The van der Waals surface area contributed by atoms with Gasteiger partial charge in [-0.3, -0.25) is 4.79 Å². The maximum Gasteiger partial charge on any atom is 0.339 e. The van der Waals surface area contributed by atoms with Crippen molar-refractivity contribution in [2.24, 2.45) is 5.16 Å². The van der Waals surface area contributed by atoms with Crippen LogP contribution >= 0.6 is 0 Å². The molecule has 0 heterocycles. The van der Waals surface area contributed by atoms with Gasteiger partial charge in [-0.15, -0.1) is 0 Å². The van der Waals surface area contributed by atoms with E-state index in [2.05, 4.69) is 43.4 Å². The zero-order valence-electron chi connectivity index (χ0n) is 25.6. The van der Waals surface area contributed by atoms with E-state index in [-0.39, 0.29) is 11.0 Å². The van der Waals surface area contributed by atoms with Crippen molar-refractivity contribution >= 4 is 29.9 Å². The Morgan fingerprint density at radius 2 is 1.50 bits per heavy atom. The number of amides is 1. The van der Waals surface area contributed by atoms with Gasteiger partial charge in [-0.05, 0) is 51.4 Å². The fraction of sp³-hybridized carbons (Fsp3) is 0.216. The summed E-state index contributed by atoms with van der Waals surface area (Å²) in [4.78, 5) is 30.4. The number of carbonyl (C=O) groups excluding carboxylic acids is 2. The highest BCUT2D eigenvalue weighted by atomic mass is 16.6. The molecule has 0 aliphatic carbocycles. The van der Waals surface area contributed by atoms with E-state index in [4.69, 9.17) is 14.3 Å². The third kappa shape index (κ3) is 9.42. The van der Waals surface area contributed by atoms with Gasteiger partial charge in [-0.2, -0.15) is 0 Å². The lowest BCUT2D eigenvalue weighted by Crippen LogP contribution is -2.13. The van der Waals surface area contributed by atoms with E-state index in [0.717, 1.165) is 22.3 Å². The molecular weight excluding hydrogens is 552 g/mol. The minimum atomic E-state index is -0.563. The number of esters is 1. The summed E-state index contributed by atoms with van der Waals surface area (Å²) in [6.07, 6.45) is 5.41. The molecule has 226 valence electrons. The molecule has 0 fully saturated rings. The Morgan fingerprint density at radius 3 is 2.18 bits per heavy atom. The molecule has 7 nitrogen and oxygen atoms in total. The first-order chi connectivity index (χ1) is 21.2. The summed E-state index contributed by atoms with van der Waals surface area (Å²) in [5.41, 5.74) is 5.93. The van der Waals surface area contributed by atoms with E-state index in [1.165, 1.54) is 18.7 Å². The minimum absolute atomic E-state index is 0.103. The van der Waals surface area contributed by atoms with Crippen molar-refractivity contribution < 1.29 is 23.9 Å². The first kappa shape index (κ1) is 31.8. The Bertz CT molecular complexity index is 1590. The van der Waals surface area contributed by atoms with Crippen molar-refractivity contribution in [2.45, 2.75) is 32.6 Å². The Labute approximate surface area is 259 Å². The molecule has 0 atom stereocenters. The highest BCUT2D eigenvalue weighted by Crippen LogP contribution is 2.25. The van der Waals surface area contributed by atoms with E-state index in [1.807, 2.05) is 66.7 Å². The summed E-state index contributed by atoms with van der Waals surface area (Å²) in [5, 5.41) is 6.81. The van der Waals surface area contributed by atoms with E-state index >= 15 is 0 Å². The van der Waals surface area contributed by atoms with Crippen molar-refractivity contribution in [3.63, 3.8) is 0 Å². The van der Waals surface area contributed by atoms with Gasteiger partial charge in [-0.25, -0.2) is 4.79 Å². The molecule has 0 aliphatic heterocycles. The van der Waals surface area contributed by atoms with Crippen LogP contribution in [-0.4, -0.2) is 38.4 Å². The summed E-state index contributed by atoms with van der Waals surface area (Å²) in [6.45, 7) is 7.27. The molecule has 4 aromatic carbocycles. The fourth-order valence-electron chi connectivity index (χ4n) is 4.30. The molecule has 0 aliphatic rings. The van der Waals surface area contributed by atoms with Crippen LogP contribution in [-0.2, 0) is 19.8 Å². The van der Waals surface area contributed by atoms with E-state index in [0.29, 0.717) is 31.1 Å². The number of nitrogens with one attached hydrogen (secondary N) is 1. The monoisotopic (exact) mass is 590 g/mol. The average Bonchev–Trinajstić information content (AvgIpc) is 3.03. The van der Waals surface area contributed by atoms with E-state index in [1.54, 1.807) is 30.5 Å². The SMILES string of the molecule is COC(=O)c1ccc(OCCCON=Cc2ccc(C(C)(C)C)cc2)cc1NC(=O)/C=C/c1ccc(-c2ccccc2)cc1. The average molecular weight is 591 g/mol. The van der Waals surface area contributed by atoms with Crippen LogP contribution in [0.15, 0.2) is 108 Å². The van der Waals surface area contributed by atoms with Crippen molar-refractivity contribution in [3.8, 4) is 16.9 Å². The van der Waals surface area contributed by atoms with Crippen LogP contribution in [0.1, 0.15) is 54.2 Å².